The minimum Gasteiger partial charge on any atom is -0.481 e. The molecule has 0 aliphatic heterocycles. The third-order valence-corrected chi connectivity index (χ3v) is 3.51. The Morgan fingerprint density at radius 1 is 1.79 bits per heavy atom. The lowest BCUT2D eigenvalue weighted by Gasteiger charge is -2.42. The van der Waals surface area contributed by atoms with Crippen LogP contribution < -0.4 is 0 Å². The van der Waals surface area contributed by atoms with Crippen molar-refractivity contribution in [3.05, 3.63) is 11.1 Å². The zero-order valence-corrected chi connectivity index (χ0v) is 8.75. The van der Waals surface area contributed by atoms with E-state index in [0.29, 0.717) is 12.3 Å². The summed E-state index contributed by atoms with van der Waals surface area (Å²) in [6.45, 7) is 2.09. The van der Waals surface area contributed by atoms with E-state index >= 15 is 0 Å². The van der Waals surface area contributed by atoms with Crippen LogP contribution in [-0.4, -0.2) is 20.7 Å². The number of carboxylic acid groups (broad SMARTS) is 1. The van der Waals surface area contributed by atoms with Gasteiger partial charge in [0.25, 0.3) is 0 Å². The summed E-state index contributed by atoms with van der Waals surface area (Å²) in [6.07, 6.45) is 3.81. The van der Waals surface area contributed by atoms with Gasteiger partial charge in [-0.05, 0) is 30.3 Å². The lowest BCUT2D eigenvalue weighted by molar-refractivity contribution is -0.157. The van der Waals surface area contributed by atoms with E-state index in [-0.39, 0.29) is 0 Å². The van der Waals surface area contributed by atoms with Gasteiger partial charge in [-0.15, -0.1) is 5.10 Å². The van der Waals surface area contributed by atoms with E-state index in [1.54, 1.807) is 6.20 Å². The summed E-state index contributed by atoms with van der Waals surface area (Å²) >= 11 is 1.29. The molecule has 1 fully saturated rings. The van der Waals surface area contributed by atoms with Gasteiger partial charge in [0.15, 0.2) is 0 Å². The maximum atomic E-state index is 11.1. The molecular weight excluding hydrogens is 200 g/mol. The Hall–Kier alpha value is -0.970. The molecule has 1 N–H and O–H groups in total. The van der Waals surface area contributed by atoms with Gasteiger partial charge < -0.3 is 5.11 Å². The monoisotopic (exact) mass is 212 g/mol. The van der Waals surface area contributed by atoms with Crippen LogP contribution in [0.2, 0.25) is 0 Å². The van der Waals surface area contributed by atoms with Gasteiger partial charge in [0.1, 0.15) is 0 Å². The Morgan fingerprint density at radius 2 is 2.50 bits per heavy atom. The zero-order valence-electron chi connectivity index (χ0n) is 7.93. The molecule has 1 aromatic rings. The normalized spacial score (nSPS) is 31.1. The first-order valence-electron chi connectivity index (χ1n) is 4.62. The zero-order chi connectivity index (χ0) is 10.2. The second kappa shape index (κ2) is 3.31. The number of carbonyl (C=O) groups is 1. The minimum atomic E-state index is -0.677. The molecular formula is C9H12N2O2S. The van der Waals surface area contributed by atoms with Gasteiger partial charge >= 0.3 is 5.97 Å². The quantitative estimate of drug-likeness (QED) is 0.826. The second-order valence-electron chi connectivity index (χ2n) is 4.16. The summed E-state index contributed by atoms with van der Waals surface area (Å²) in [6, 6.07) is 0. The molecule has 1 saturated carbocycles. The van der Waals surface area contributed by atoms with E-state index in [9.17, 15) is 4.79 Å². The third kappa shape index (κ3) is 1.52. The van der Waals surface area contributed by atoms with Crippen molar-refractivity contribution in [3.63, 3.8) is 0 Å². The SMILES string of the molecule is CC1CC(Cc2cnns2)(C(=O)O)C1. The molecule has 0 saturated heterocycles. The van der Waals surface area contributed by atoms with Crippen LogP contribution in [0.4, 0.5) is 0 Å². The topological polar surface area (TPSA) is 63.1 Å². The summed E-state index contributed by atoms with van der Waals surface area (Å²) in [7, 11) is 0. The van der Waals surface area contributed by atoms with Crippen molar-refractivity contribution >= 4 is 17.5 Å². The van der Waals surface area contributed by atoms with Crippen LogP contribution in [0, 0.1) is 11.3 Å². The number of aromatic nitrogens is 2. The van der Waals surface area contributed by atoms with Crippen molar-refractivity contribution in [1.29, 1.82) is 0 Å². The Kier molecular flexibility index (Phi) is 2.26. The van der Waals surface area contributed by atoms with Crippen molar-refractivity contribution in [1.82, 2.24) is 9.59 Å². The van der Waals surface area contributed by atoms with Gasteiger partial charge in [-0.1, -0.05) is 11.4 Å². The van der Waals surface area contributed by atoms with Gasteiger partial charge in [0, 0.05) is 11.3 Å². The standard InChI is InChI=1S/C9H12N2O2S/c1-6-2-9(3-6,8(12)13)4-7-5-10-11-14-7/h5-6H,2-4H2,1H3,(H,12,13). The number of aliphatic carboxylic acids is 1. The molecule has 0 bridgehead atoms. The van der Waals surface area contributed by atoms with E-state index in [1.165, 1.54) is 11.5 Å². The average molecular weight is 212 g/mol. The van der Waals surface area contributed by atoms with Crippen LogP contribution in [0.15, 0.2) is 6.20 Å². The average Bonchev–Trinajstić information content (AvgIpc) is 2.53. The maximum Gasteiger partial charge on any atom is 0.310 e. The predicted octanol–water partition coefficient (Wildman–Crippen LogP) is 1.58. The smallest absolute Gasteiger partial charge is 0.310 e. The summed E-state index contributed by atoms with van der Waals surface area (Å²) in [5.41, 5.74) is -0.534. The summed E-state index contributed by atoms with van der Waals surface area (Å²) in [5, 5.41) is 12.9. The highest BCUT2D eigenvalue weighted by atomic mass is 32.1. The molecule has 5 heteroatoms. The molecule has 14 heavy (non-hydrogen) atoms. The van der Waals surface area contributed by atoms with Crippen LogP contribution in [0.5, 0.6) is 0 Å². The fourth-order valence-corrected chi connectivity index (χ4v) is 2.90. The molecule has 76 valence electrons. The molecule has 1 aromatic heterocycles. The Balaban J connectivity index is 2.10. The van der Waals surface area contributed by atoms with Gasteiger partial charge in [0.2, 0.25) is 0 Å². The Labute approximate surface area is 86.1 Å². The molecule has 0 unspecified atom stereocenters. The van der Waals surface area contributed by atoms with Crippen molar-refractivity contribution in [2.75, 3.05) is 0 Å². The highest BCUT2D eigenvalue weighted by Crippen LogP contribution is 2.48. The largest absolute Gasteiger partial charge is 0.481 e. The van der Waals surface area contributed by atoms with Crippen LogP contribution in [0.3, 0.4) is 0 Å². The van der Waals surface area contributed by atoms with Crippen molar-refractivity contribution in [2.45, 2.75) is 26.2 Å². The second-order valence-corrected chi connectivity index (χ2v) is 5.03. The molecule has 4 nitrogen and oxygen atoms in total. The third-order valence-electron chi connectivity index (χ3n) is 2.85. The fraction of sp³-hybridized carbons (Fsp3) is 0.667. The lowest BCUT2D eigenvalue weighted by Crippen LogP contribution is -2.44. The number of rotatable bonds is 3. The summed E-state index contributed by atoms with van der Waals surface area (Å²) in [5.74, 6) is -0.143. The highest BCUT2D eigenvalue weighted by molar-refractivity contribution is 7.05. The molecule has 0 radical (unpaired) electrons. The van der Waals surface area contributed by atoms with Gasteiger partial charge in [0.05, 0.1) is 11.6 Å². The number of carboxylic acids is 1. The van der Waals surface area contributed by atoms with Crippen LogP contribution in [-0.2, 0) is 11.2 Å². The van der Waals surface area contributed by atoms with E-state index < -0.39 is 11.4 Å². The Bertz CT molecular complexity index is 331. The van der Waals surface area contributed by atoms with Crippen LogP contribution in [0.1, 0.15) is 24.6 Å². The van der Waals surface area contributed by atoms with E-state index in [1.807, 2.05) is 0 Å². The molecule has 0 spiro atoms. The first kappa shape index (κ1) is 9.58. The van der Waals surface area contributed by atoms with Crippen molar-refractivity contribution < 1.29 is 9.90 Å². The Morgan fingerprint density at radius 3 is 2.93 bits per heavy atom. The maximum absolute atomic E-state index is 11.1. The molecule has 2 rings (SSSR count). The molecule has 1 aliphatic rings. The number of nitrogens with zero attached hydrogens (tertiary/aromatic N) is 2. The molecule has 0 amide bonds. The van der Waals surface area contributed by atoms with Gasteiger partial charge in [-0.2, -0.15) is 0 Å². The van der Waals surface area contributed by atoms with Crippen LogP contribution >= 0.6 is 11.5 Å². The van der Waals surface area contributed by atoms with Crippen molar-refractivity contribution in [2.24, 2.45) is 11.3 Å². The molecule has 1 aliphatic carbocycles. The molecule has 1 heterocycles. The predicted molar refractivity (Wildman–Crippen MR) is 52.1 cm³/mol. The van der Waals surface area contributed by atoms with Gasteiger partial charge in [-0.25, -0.2) is 0 Å². The lowest BCUT2D eigenvalue weighted by atomic mass is 9.61. The fourth-order valence-electron chi connectivity index (χ4n) is 2.27. The highest BCUT2D eigenvalue weighted by Gasteiger charge is 2.48. The van der Waals surface area contributed by atoms with E-state index in [4.69, 9.17) is 5.11 Å². The van der Waals surface area contributed by atoms with E-state index in [2.05, 4.69) is 16.5 Å². The first-order valence-corrected chi connectivity index (χ1v) is 5.39. The van der Waals surface area contributed by atoms with Gasteiger partial charge in [-0.3, -0.25) is 4.79 Å². The number of hydrogen-bond acceptors (Lipinski definition) is 4. The minimum absolute atomic E-state index is 0.534. The first-order chi connectivity index (χ1) is 6.62. The van der Waals surface area contributed by atoms with E-state index in [0.717, 1.165) is 17.7 Å². The molecule has 0 atom stereocenters. The summed E-state index contributed by atoms with van der Waals surface area (Å²) < 4.78 is 3.74. The number of hydrogen-bond donors (Lipinski definition) is 1. The van der Waals surface area contributed by atoms with Crippen molar-refractivity contribution in [3.8, 4) is 0 Å². The van der Waals surface area contributed by atoms with Crippen LogP contribution in [0.25, 0.3) is 0 Å². The summed E-state index contributed by atoms with van der Waals surface area (Å²) in [4.78, 5) is 12.1. The molecule has 0 aromatic carbocycles.